The summed E-state index contributed by atoms with van der Waals surface area (Å²) < 4.78 is 12.1. The van der Waals surface area contributed by atoms with Crippen LogP contribution in [0.15, 0.2) is 33.5 Å². The van der Waals surface area contributed by atoms with E-state index in [1.54, 1.807) is 11.0 Å². The smallest absolute Gasteiger partial charge is 0.408 e. The Hall–Kier alpha value is -2.08. The summed E-state index contributed by atoms with van der Waals surface area (Å²) in [6.07, 6.45) is 0.357. The number of aromatic nitrogens is 1. The molecule has 1 amide bonds. The topological polar surface area (TPSA) is 64.7 Å². The maximum atomic E-state index is 12.2. The predicted molar refractivity (Wildman–Crippen MR) is 77.1 cm³/mol. The molecule has 1 aromatic carbocycles. The Balaban J connectivity index is 1.70. The summed E-state index contributed by atoms with van der Waals surface area (Å²) in [5.41, 5.74) is 1.28. The molecule has 21 heavy (non-hydrogen) atoms. The van der Waals surface area contributed by atoms with Crippen molar-refractivity contribution in [3.05, 3.63) is 34.8 Å². The predicted octanol–water partition coefficient (Wildman–Crippen LogP) is 1.23. The quantitative estimate of drug-likeness (QED) is 0.853. The van der Waals surface area contributed by atoms with E-state index in [0.717, 1.165) is 5.52 Å². The zero-order valence-electron chi connectivity index (χ0n) is 11.9. The van der Waals surface area contributed by atoms with E-state index in [0.29, 0.717) is 31.8 Å². The van der Waals surface area contributed by atoms with Crippen molar-refractivity contribution in [2.45, 2.75) is 26.0 Å². The number of aryl methyl sites for hydroxylation is 1. The van der Waals surface area contributed by atoms with Gasteiger partial charge in [-0.25, -0.2) is 4.79 Å². The Morgan fingerprint density at radius 3 is 3.00 bits per heavy atom. The van der Waals surface area contributed by atoms with Crippen LogP contribution in [-0.2, 0) is 16.1 Å². The van der Waals surface area contributed by atoms with Gasteiger partial charge in [0, 0.05) is 26.1 Å². The van der Waals surface area contributed by atoms with Crippen LogP contribution in [0, 0.1) is 0 Å². The highest BCUT2D eigenvalue weighted by molar-refractivity contribution is 5.77. The van der Waals surface area contributed by atoms with Crippen LogP contribution in [0.1, 0.15) is 13.3 Å². The zero-order chi connectivity index (χ0) is 14.8. The summed E-state index contributed by atoms with van der Waals surface area (Å²) >= 11 is 0. The van der Waals surface area contributed by atoms with Gasteiger partial charge >= 0.3 is 5.76 Å². The third-order valence-electron chi connectivity index (χ3n) is 3.72. The molecule has 1 saturated heterocycles. The van der Waals surface area contributed by atoms with Crippen molar-refractivity contribution in [3.63, 3.8) is 0 Å². The lowest BCUT2D eigenvalue weighted by atomic mass is 10.2. The van der Waals surface area contributed by atoms with E-state index in [1.807, 2.05) is 25.1 Å². The minimum absolute atomic E-state index is 0.0438. The first-order chi connectivity index (χ1) is 10.1. The first kappa shape index (κ1) is 13.9. The standard InChI is InChI=1S/C15H18N2O4/c1-11-10-16(8-9-20-11)14(18)6-7-17-12-4-2-3-5-13(12)21-15(17)19/h2-5,11H,6-10H2,1H3. The number of fused-ring (bicyclic) bond motifs is 1. The van der Waals surface area contributed by atoms with Crippen LogP contribution < -0.4 is 5.76 Å². The van der Waals surface area contributed by atoms with Gasteiger partial charge in [0.05, 0.1) is 18.2 Å². The highest BCUT2D eigenvalue weighted by Crippen LogP contribution is 2.13. The van der Waals surface area contributed by atoms with Gasteiger partial charge in [-0.05, 0) is 19.1 Å². The molecule has 1 atom stereocenters. The lowest BCUT2D eigenvalue weighted by Crippen LogP contribution is -2.44. The van der Waals surface area contributed by atoms with E-state index in [-0.39, 0.29) is 18.4 Å². The number of hydrogen-bond donors (Lipinski definition) is 0. The monoisotopic (exact) mass is 290 g/mol. The summed E-state index contributed by atoms with van der Waals surface area (Å²) in [7, 11) is 0. The Labute approximate surface area is 121 Å². The average molecular weight is 290 g/mol. The summed E-state index contributed by atoms with van der Waals surface area (Å²) in [5.74, 6) is -0.373. The van der Waals surface area contributed by atoms with E-state index < -0.39 is 5.76 Å². The van der Waals surface area contributed by atoms with E-state index in [4.69, 9.17) is 9.15 Å². The van der Waals surface area contributed by atoms with Gasteiger partial charge < -0.3 is 14.1 Å². The number of morpholine rings is 1. The molecular formula is C15H18N2O4. The first-order valence-corrected chi connectivity index (χ1v) is 7.13. The van der Waals surface area contributed by atoms with Gasteiger partial charge in [0.25, 0.3) is 0 Å². The van der Waals surface area contributed by atoms with Crippen molar-refractivity contribution >= 4 is 17.0 Å². The van der Waals surface area contributed by atoms with Crippen LogP contribution in [0.5, 0.6) is 0 Å². The van der Waals surface area contributed by atoms with Gasteiger partial charge in [-0.1, -0.05) is 12.1 Å². The van der Waals surface area contributed by atoms with Crippen LogP contribution in [0.4, 0.5) is 0 Å². The number of benzene rings is 1. The van der Waals surface area contributed by atoms with Crippen LogP contribution in [-0.4, -0.2) is 41.2 Å². The maximum absolute atomic E-state index is 12.2. The highest BCUT2D eigenvalue weighted by Gasteiger charge is 2.21. The zero-order valence-corrected chi connectivity index (χ0v) is 11.9. The maximum Gasteiger partial charge on any atom is 0.419 e. The molecule has 0 N–H and O–H groups in total. The Bertz CT molecular complexity index is 703. The van der Waals surface area contributed by atoms with Crippen molar-refractivity contribution in [1.29, 1.82) is 0 Å². The minimum Gasteiger partial charge on any atom is -0.408 e. The summed E-state index contributed by atoms with van der Waals surface area (Å²) in [6, 6.07) is 7.23. The molecule has 0 bridgehead atoms. The number of ether oxygens (including phenoxy) is 1. The van der Waals surface area contributed by atoms with Gasteiger partial charge in [-0.2, -0.15) is 0 Å². The van der Waals surface area contributed by atoms with Crippen LogP contribution in [0.2, 0.25) is 0 Å². The Morgan fingerprint density at radius 2 is 2.19 bits per heavy atom. The molecule has 0 radical (unpaired) electrons. The number of nitrogens with zero attached hydrogens (tertiary/aromatic N) is 2. The number of oxazole rings is 1. The average Bonchev–Trinajstić information content (AvgIpc) is 2.80. The molecule has 2 aromatic rings. The second-order valence-corrected chi connectivity index (χ2v) is 5.26. The van der Waals surface area contributed by atoms with Gasteiger partial charge in [-0.3, -0.25) is 9.36 Å². The molecule has 1 aromatic heterocycles. The molecular weight excluding hydrogens is 272 g/mol. The Kier molecular flexibility index (Phi) is 3.79. The van der Waals surface area contributed by atoms with Crippen LogP contribution in [0.25, 0.3) is 11.1 Å². The van der Waals surface area contributed by atoms with E-state index in [9.17, 15) is 9.59 Å². The van der Waals surface area contributed by atoms with Crippen LogP contribution >= 0.6 is 0 Å². The van der Waals surface area contributed by atoms with Gasteiger partial charge in [0.2, 0.25) is 5.91 Å². The third kappa shape index (κ3) is 2.85. The lowest BCUT2D eigenvalue weighted by Gasteiger charge is -2.31. The molecule has 1 fully saturated rings. The molecule has 6 heteroatoms. The fraction of sp³-hybridized carbons (Fsp3) is 0.467. The van der Waals surface area contributed by atoms with Crippen molar-refractivity contribution in [2.75, 3.05) is 19.7 Å². The fourth-order valence-electron chi connectivity index (χ4n) is 2.64. The van der Waals surface area contributed by atoms with E-state index in [2.05, 4.69) is 0 Å². The van der Waals surface area contributed by atoms with E-state index >= 15 is 0 Å². The molecule has 1 aliphatic rings. The number of hydrogen-bond acceptors (Lipinski definition) is 4. The normalized spacial score (nSPS) is 19.1. The lowest BCUT2D eigenvalue weighted by molar-refractivity contribution is -0.138. The molecule has 112 valence electrons. The molecule has 0 aliphatic carbocycles. The molecule has 1 unspecified atom stereocenters. The number of carbonyl (C=O) groups excluding carboxylic acids is 1. The number of carbonyl (C=O) groups is 1. The minimum atomic E-state index is -0.417. The number of amides is 1. The molecule has 0 spiro atoms. The summed E-state index contributed by atoms with van der Waals surface area (Å²) in [6.45, 7) is 4.08. The number of rotatable bonds is 3. The van der Waals surface area contributed by atoms with Crippen LogP contribution in [0.3, 0.4) is 0 Å². The molecule has 0 saturated carbocycles. The van der Waals surface area contributed by atoms with Crippen molar-refractivity contribution < 1.29 is 13.9 Å². The molecule has 3 rings (SSSR count). The number of para-hydroxylation sites is 2. The van der Waals surface area contributed by atoms with Gasteiger partial charge in [0.15, 0.2) is 5.58 Å². The third-order valence-corrected chi connectivity index (χ3v) is 3.72. The highest BCUT2D eigenvalue weighted by atomic mass is 16.5. The van der Waals surface area contributed by atoms with Gasteiger partial charge in [0.1, 0.15) is 0 Å². The summed E-state index contributed by atoms with van der Waals surface area (Å²) in [5, 5.41) is 0. The van der Waals surface area contributed by atoms with E-state index in [1.165, 1.54) is 4.57 Å². The fourth-order valence-corrected chi connectivity index (χ4v) is 2.64. The van der Waals surface area contributed by atoms with Gasteiger partial charge in [-0.15, -0.1) is 0 Å². The van der Waals surface area contributed by atoms with Crippen molar-refractivity contribution in [1.82, 2.24) is 9.47 Å². The van der Waals surface area contributed by atoms with Crippen molar-refractivity contribution in [2.24, 2.45) is 0 Å². The first-order valence-electron chi connectivity index (χ1n) is 7.13. The molecule has 1 aliphatic heterocycles. The molecule has 6 nitrogen and oxygen atoms in total. The van der Waals surface area contributed by atoms with Crippen molar-refractivity contribution in [3.8, 4) is 0 Å². The second kappa shape index (κ2) is 5.73. The molecule has 2 heterocycles. The largest absolute Gasteiger partial charge is 0.419 e. The Morgan fingerprint density at radius 1 is 1.38 bits per heavy atom. The summed E-state index contributed by atoms with van der Waals surface area (Å²) in [4.78, 5) is 25.8. The SMILES string of the molecule is CC1CN(C(=O)CCn2c(=O)oc3ccccc32)CCO1. The second-order valence-electron chi connectivity index (χ2n) is 5.26.